The molecular weight excluding hydrogens is 258 g/mol. The van der Waals surface area contributed by atoms with Crippen LogP contribution in [-0.4, -0.2) is 18.1 Å². The molecule has 0 spiro atoms. The van der Waals surface area contributed by atoms with Gasteiger partial charge in [0.25, 0.3) is 0 Å². The topological polar surface area (TPSA) is 28.2 Å². The standard InChI is InChI=1S/C18H23N3/c1-14-9-10-17(15(2)20-14)19-13-16-7-3-4-8-18(16)21-11-5-6-12-21/h3-4,7-10,19H,5-6,11-13H2,1-2H3. The minimum atomic E-state index is 0.845. The maximum Gasteiger partial charge on any atom is 0.0606 e. The molecule has 1 aliphatic heterocycles. The van der Waals surface area contributed by atoms with E-state index in [2.05, 4.69) is 58.5 Å². The van der Waals surface area contributed by atoms with E-state index in [9.17, 15) is 0 Å². The molecule has 2 heterocycles. The number of hydrogen-bond donors (Lipinski definition) is 1. The lowest BCUT2D eigenvalue weighted by atomic mass is 10.1. The highest BCUT2D eigenvalue weighted by molar-refractivity contribution is 5.56. The molecule has 0 radical (unpaired) electrons. The first-order valence-corrected chi connectivity index (χ1v) is 7.75. The van der Waals surface area contributed by atoms with Crippen LogP contribution in [0.5, 0.6) is 0 Å². The monoisotopic (exact) mass is 281 g/mol. The zero-order chi connectivity index (χ0) is 14.7. The first-order chi connectivity index (χ1) is 10.2. The van der Waals surface area contributed by atoms with Crippen LogP contribution < -0.4 is 10.2 Å². The number of nitrogens with zero attached hydrogens (tertiary/aromatic N) is 2. The highest BCUT2D eigenvalue weighted by Crippen LogP contribution is 2.25. The molecule has 0 aliphatic carbocycles. The predicted octanol–water partition coefficient (Wildman–Crippen LogP) is 3.91. The van der Waals surface area contributed by atoms with Gasteiger partial charge in [0.1, 0.15) is 0 Å². The quantitative estimate of drug-likeness (QED) is 0.921. The van der Waals surface area contributed by atoms with Crippen molar-refractivity contribution in [2.24, 2.45) is 0 Å². The van der Waals surface area contributed by atoms with Crippen molar-refractivity contribution in [3.63, 3.8) is 0 Å². The number of aryl methyl sites for hydroxylation is 2. The zero-order valence-corrected chi connectivity index (χ0v) is 12.9. The Bertz CT molecular complexity index is 616. The Kier molecular flexibility index (Phi) is 4.09. The lowest BCUT2D eigenvalue weighted by Gasteiger charge is -2.22. The smallest absolute Gasteiger partial charge is 0.0606 e. The highest BCUT2D eigenvalue weighted by Gasteiger charge is 2.15. The van der Waals surface area contributed by atoms with Gasteiger partial charge in [0, 0.05) is 31.0 Å². The summed E-state index contributed by atoms with van der Waals surface area (Å²) in [6.07, 6.45) is 2.62. The van der Waals surface area contributed by atoms with Gasteiger partial charge in [-0.3, -0.25) is 4.98 Å². The second-order valence-corrected chi connectivity index (χ2v) is 5.76. The van der Waals surface area contributed by atoms with Crippen molar-refractivity contribution in [2.45, 2.75) is 33.2 Å². The summed E-state index contributed by atoms with van der Waals surface area (Å²) in [5.41, 5.74) is 5.99. The van der Waals surface area contributed by atoms with Gasteiger partial charge >= 0.3 is 0 Å². The Balaban J connectivity index is 1.75. The third-order valence-corrected chi connectivity index (χ3v) is 4.13. The van der Waals surface area contributed by atoms with Crippen LogP contribution in [0.2, 0.25) is 0 Å². The van der Waals surface area contributed by atoms with Gasteiger partial charge in [-0.05, 0) is 50.5 Å². The number of hydrogen-bond acceptors (Lipinski definition) is 3. The van der Waals surface area contributed by atoms with Crippen LogP contribution in [0.1, 0.15) is 29.8 Å². The minimum absolute atomic E-state index is 0.845. The molecule has 1 aromatic heterocycles. The molecule has 1 aliphatic rings. The fraction of sp³-hybridized carbons (Fsp3) is 0.389. The second kappa shape index (κ2) is 6.17. The molecule has 3 nitrogen and oxygen atoms in total. The number of pyridine rings is 1. The van der Waals surface area contributed by atoms with Crippen LogP contribution in [0.25, 0.3) is 0 Å². The fourth-order valence-corrected chi connectivity index (χ4v) is 2.99. The number of benzene rings is 1. The number of anilines is 2. The third-order valence-electron chi connectivity index (χ3n) is 4.13. The first kappa shape index (κ1) is 13.9. The van der Waals surface area contributed by atoms with Crippen molar-refractivity contribution in [1.82, 2.24) is 4.98 Å². The van der Waals surface area contributed by atoms with Gasteiger partial charge in [0.05, 0.1) is 11.4 Å². The summed E-state index contributed by atoms with van der Waals surface area (Å²) in [4.78, 5) is 7.01. The summed E-state index contributed by atoms with van der Waals surface area (Å²) in [5, 5.41) is 3.53. The molecule has 1 fully saturated rings. The summed E-state index contributed by atoms with van der Waals surface area (Å²) in [6, 6.07) is 12.9. The average molecular weight is 281 g/mol. The molecule has 21 heavy (non-hydrogen) atoms. The van der Waals surface area contributed by atoms with Crippen LogP contribution in [0.15, 0.2) is 36.4 Å². The van der Waals surface area contributed by atoms with Crippen LogP contribution >= 0.6 is 0 Å². The average Bonchev–Trinajstić information content (AvgIpc) is 3.01. The van der Waals surface area contributed by atoms with E-state index in [-0.39, 0.29) is 0 Å². The molecule has 1 aromatic carbocycles. The van der Waals surface area contributed by atoms with Crippen LogP contribution in [0.3, 0.4) is 0 Å². The van der Waals surface area contributed by atoms with Crippen LogP contribution in [0.4, 0.5) is 11.4 Å². The molecule has 0 atom stereocenters. The number of rotatable bonds is 4. The first-order valence-electron chi connectivity index (χ1n) is 7.75. The highest BCUT2D eigenvalue weighted by atomic mass is 15.1. The number of para-hydroxylation sites is 1. The molecular formula is C18H23N3. The van der Waals surface area contributed by atoms with E-state index >= 15 is 0 Å². The van der Waals surface area contributed by atoms with E-state index in [4.69, 9.17) is 0 Å². The van der Waals surface area contributed by atoms with Gasteiger partial charge < -0.3 is 10.2 Å². The molecule has 0 unspecified atom stereocenters. The number of nitrogens with one attached hydrogen (secondary N) is 1. The van der Waals surface area contributed by atoms with E-state index < -0.39 is 0 Å². The Morgan fingerprint density at radius 2 is 1.81 bits per heavy atom. The van der Waals surface area contributed by atoms with Crippen molar-refractivity contribution in [3.05, 3.63) is 53.3 Å². The van der Waals surface area contributed by atoms with Crippen molar-refractivity contribution >= 4 is 11.4 Å². The molecule has 3 rings (SSSR count). The molecule has 110 valence electrons. The summed E-state index contributed by atoms with van der Waals surface area (Å²) in [7, 11) is 0. The minimum Gasteiger partial charge on any atom is -0.379 e. The SMILES string of the molecule is Cc1ccc(NCc2ccccc2N2CCCC2)c(C)n1. The fourth-order valence-electron chi connectivity index (χ4n) is 2.99. The van der Waals surface area contributed by atoms with E-state index in [1.165, 1.54) is 37.2 Å². The van der Waals surface area contributed by atoms with Gasteiger partial charge in [0.2, 0.25) is 0 Å². The molecule has 0 bridgehead atoms. The molecule has 0 saturated carbocycles. The molecule has 3 heteroatoms. The van der Waals surface area contributed by atoms with Crippen molar-refractivity contribution in [2.75, 3.05) is 23.3 Å². The van der Waals surface area contributed by atoms with Gasteiger partial charge in [-0.15, -0.1) is 0 Å². The number of aromatic nitrogens is 1. The van der Waals surface area contributed by atoms with Gasteiger partial charge in [-0.1, -0.05) is 18.2 Å². The van der Waals surface area contributed by atoms with Crippen LogP contribution in [-0.2, 0) is 6.54 Å². The van der Waals surface area contributed by atoms with Crippen molar-refractivity contribution < 1.29 is 0 Å². The van der Waals surface area contributed by atoms with Gasteiger partial charge in [-0.2, -0.15) is 0 Å². The molecule has 2 aromatic rings. The Labute approximate surface area is 127 Å². The Morgan fingerprint density at radius 1 is 1.05 bits per heavy atom. The van der Waals surface area contributed by atoms with E-state index in [1.54, 1.807) is 0 Å². The zero-order valence-electron chi connectivity index (χ0n) is 12.9. The van der Waals surface area contributed by atoms with E-state index in [0.29, 0.717) is 0 Å². The summed E-state index contributed by atoms with van der Waals surface area (Å²) in [6.45, 7) is 7.30. The van der Waals surface area contributed by atoms with Crippen LogP contribution in [0, 0.1) is 13.8 Å². The maximum atomic E-state index is 4.51. The van der Waals surface area contributed by atoms with Crippen molar-refractivity contribution in [3.8, 4) is 0 Å². The second-order valence-electron chi connectivity index (χ2n) is 5.76. The lowest BCUT2D eigenvalue weighted by Crippen LogP contribution is -2.20. The third kappa shape index (κ3) is 3.18. The normalized spacial score (nSPS) is 14.5. The summed E-state index contributed by atoms with van der Waals surface area (Å²) >= 11 is 0. The molecule has 0 amide bonds. The lowest BCUT2D eigenvalue weighted by molar-refractivity contribution is 0.949. The van der Waals surface area contributed by atoms with Crippen molar-refractivity contribution in [1.29, 1.82) is 0 Å². The molecule has 1 N–H and O–H groups in total. The largest absolute Gasteiger partial charge is 0.379 e. The summed E-state index contributed by atoms with van der Waals surface area (Å²) in [5.74, 6) is 0. The van der Waals surface area contributed by atoms with E-state index in [1.807, 2.05) is 6.92 Å². The van der Waals surface area contributed by atoms with Gasteiger partial charge in [0.15, 0.2) is 0 Å². The molecule has 1 saturated heterocycles. The van der Waals surface area contributed by atoms with Gasteiger partial charge in [-0.25, -0.2) is 0 Å². The Morgan fingerprint density at radius 3 is 2.57 bits per heavy atom. The maximum absolute atomic E-state index is 4.51. The summed E-state index contributed by atoms with van der Waals surface area (Å²) < 4.78 is 0. The predicted molar refractivity (Wildman–Crippen MR) is 88.9 cm³/mol. The Hall–Kier alpha value is -2.03. The van der Waals surface area contributed by atoms with E-state index in [0.717, 1.165) is 23.6 Å².